The summed E-state index contributed by atoms with van der Waals surface area (Å²) in [5.74, 6) is 0.227. The molecule has 0 aliphatic rings. The second-order valence-electron chi connectivity index (χ2n) is 10.9. The molecule has 57 heavy (non-hydrogen) atoms. The number of anilines is 1. The van der Waals surface area contributed by atoms with E-state index in [0.29, 0.717) is 6.54 Å². The lowest BCUT2D eigenvalue weighted by Gasteiger charge is -2.14. The van der Waals surface area contributed by atoms with Gasteiger partial charge in [-0.3, -0.25) is 0 Å². The third kappa shape index (κ3) is 19.2. The standard InChI is InChI=1S/C28H27N5O.C10H8.C3H8.5C2H6/c1-4-30-28-26-22(6-5-7-25(26)34)18-19(2)27(28)33-32-24-16-12-21(13-17-24)9-8-20-10-14-23(15-11-20)31-29-3;1-2-6-10-8-4-3-7-9(10)5-1;1-3-2;5*1-2/h5-18,30,34H,4H2,1-3H3;1-8H;3H2,1-2H3;5*1-2H3. The fourth-order valence-electron chi connectivity index (χ4n) is 4.90. The van der Waals surface area contributed by atoms with Gasteiger partial charge in [0.05, 0.1) is 17.1 Å². The van der Waals surface area contributed by atoms with Gasteiger partial charge in [-0.2, -0.15) is 15.3 Å². The minimum atomic E-state index is 0.227. The van der Waals surface area contributed by atoms with Gasteiger partial charge in [-0.1, -0.05) is 187 Å². The number of hydrogen-bond acceptors (Lipinski definition) is 6. The number of aryl methyl sites for hydroxylation is 1. The topological polar surface area (TPSA) is 81.7 Å². The molecular weight excluding hydrogens is 699 g/mol. The molecular formula is C51H73N5O. The van der Waals surface area contributed by atoms with E-state index in [2.05, 4.69) is 100 Å². The van der Waals surface area contributed by atoms with Crippen LogP contribution in [0.25, 0.3) is 33.7 Å². The number of benzene rings is 6. The zero-order valence-corrected chi connectivity index (χ0v) is 37.9. The molecule has 0 fully saturated rings. The van der Waals surface area contributed by atoms with Crippen LogP contribution in [0, 0.1) is 6.92 Å². The first-order valence-corrected chi connectivity index (χ1v) is 21.0. The lowest BCUT2D eigenvalue weighted by atomic mass is 10.0. The molecule has 6 nitrogen and oxygen atoms in total. The lowest BCUT2D eigenvalue weighted by Crippen LogP contribution is -1.99. The largest absolute Gasteiger partial charge is 0.507 e. The number of rotatable bonds is 7. The van der Waals surface area contributed by atoms with Crippen LogP contribution in [0.1, 0.15) is 113 Å². The first-order valence-electron chi connectivity index (χ1n) is 21.0. The van der Waals surface area contributed by atoms with Gasteiger partial charge in [0.15, 0.2) is 0 Å². The fourth-order valence-corrected chi connectivity index (χ4v) is 4.90. The van der Waals surface area contributed by atoms with Crippen molar-refractivity contribution in [2.45, 2.75) is 103 Å². The van der Waals surface area contributed by atoms with Crippen molar-refractivity contribution in [3.63, 3.8) is 0 Å². The Kier molecular flexibility index (Phi) is 32.7. The van der Waals surface area contributed by atoms with Gasteiger partial charge in [-0.15, -0.1) is 5.11 Å². The van der Waals surface area contributed by atoms with Crippen molar-refractivity contribution < 1.29 is 5.11 Å². The molecule has 308 valence electrons. The van der Waals surface area contributed by atoms with Gasteiger partial charge in [0.1, 0.15) is 11.4 Å². The van der Waals surface area contributed by atoms with Crippen LogP contribution in [-0.2, 0) is 0 Å². The number of nitrogens with zero attached hydrogens (tertiary/aromatic N) is 4. The highest BCUT2D eigenvalue weighted by Crippen LogP contribution is 2.41. The Hall–Kier alpha value is -5.62. The number of fused-ring (bicyclic) bond motifs is 2. The number of aromatic hydroxyl groups is 1. The third-order valence-electron chi connectivity index (χ3n) is 7.05. The number of azo groups is 2. The van der Waals surface area contributed by atoms with Gasteiger partial charge in [-0.25, -0.2) is 0 Å². The van der Waals surface area contributed by atoms with Crippen LogP contribution in [0.5, 0.6) is 5.75 Å². The average molecular weight is 772 g/mol. The summed E-state index contributed by atoms with van der Waals surface area (Å²) in [5.41, 5.74) is 6.26. The number of phenols is 1. The van der Waals surface area contributed by atoms with Crippen molar-refractivity contribution in [2.24, 2.45) is 20.5 Å². The van der Waals surface area contributed by atoms with Crippen LogP contribution in [0.4, 0.5) is 22.7 Å². The third-order valence-corrected chi connectivity index (χ3v) is 7.05. The molecule has 0 aromatic heterocycles. The molecule has 6 aromatic carbocycles. The number of nitrogens with one attached hydrogen (secondary N) is 1. The maximum Gasteiger partial charge on any atom is 0.125 e. The molecule has 0 aliphatic heterocycles. The van der Waals surface area contributed by atoms with E-state index in [0.717, 1.165) is 50.2 Å². The van der Waals surface area contributed by atoms with Gasteiger partial charge in [0.25, 0.3) is 0 Å². The van der Waals surface area contributed by atoms with E-state index in [1.807, 2.05) is 150 Å². The summed E-state index contributed by atoms with van der Waals surface area (Å²) in [7, 11) is 1.66. The highest BCUT2D eigenvalue weighted by Gasteiger charge is 2.13. The summed E-state index contributed by atoms with van der Waals surface area (Å²) in [5, 5.41) is 35.0. The van der Waals surface area contributed by atoms with Crippen LogP contribution in [-0.4, -0.2) is 18.7 Å². The molecule has 0 atom stereocenters. The van der Waals surface area contributed by atoms with Crippen LogP contribution >= 0.6 is 0 Å². The van der Waals surface area contributed by atoms with E-state index < -0.39 is 0 Å². The van der Waals surface area contributed by atoms with Crippen molar-refractivity contribution >= 4 is 56.4 Å². The average Bonchev–Trinajstić information content (AvgIpc) is 3.28. The lowest BCUT2D eigenvalue weighted by molar-refractivity contribution is 0.482. The maximum atomic E-state index is 10.5. The smallest absolute Gasteiger partial charge is 0.125 e. The second-order valence-corrected chi connectivity index (χ2v) is 10.9. The zero-order chi connectivity index (χ0) is 43.4. The van der Waals surface area contributed by atoms with Gasteiger partial charge in [0.2, 0.25) is 0 Å². The molecule has 6 aromatic rings. The summed E-state index contributed by atoms with van der Waals surface area (Å²) >= 11 is 0. The Morgan fingerprint density at radius 3 is 1.33 bits per heavy atom. The van der Waals surface area contributed by atoms with Gasteiger partial charge < -0.3 is 10.4 Å². The van der Waals surface area contributed by atoms with Gasteiger partial charge in [0, 0.05) is 19.0 Å². The normalized spacial score (nSPS) is 9.67. The van der Waals surface area contributed by atoms with Crippen molar-refractivity contribution in [3.8, 4) is 5.75 Å². The van der Waals surface area contributed by atoms with Crippen molar-refractivity contribution in [3.05, 3.63) is 138 Å². The minimum absolute atomic E-state index is 0.227. The predicted octanol–water partition coefficient (Wildman–Crippen LogP) is 18.0. The van der Waals surface area contributed by atoms with E-state index >= 15 is 0 Å². The van der Waals surface area contributed by atoms with E-state index in [1.165, 1.54) is 17.2 Å². The Morgan fingerprint density at radius 2 is 0.930 bits per heavy atom. The zero-order valence-electron chi connectivity index (χ0n) is 37.9. The molecule has 0 radical (unpaired) electrons. The molecule has 0 saturated carbocycles. The van der Waals surface area contributed by atoms with Crippen LogP contribution in [0.2, 0.25) is 0 Å². The molecule has 6 rings (SSSR count). The molecule has 0 saturated heterocycles. The van der Waals surface area contributed by atoms with Crippen LogP contribution < -0.4 is 5.32 Å². The Morgan fingerprint density at radius 1 is 0.526 bits per heavy atom. The summed E-state index contributed by atoms with van der Waals surface area (Å²) in [6.45, 7) is 29.0. The first-order chi connectivity index (χ1) is 28.0. The quantitative estimate of drug-likeness (QED) is 0.125. The number of phenolic OH excluding ortho intramolecular Hbond substituents is 1. The highest BCUT2D eigenvalue weighted by atomic mass is 16.3. The van der Waals surface area contributed by atoms with E-state index in [1.54, 1.807) is 13.1 Å². The maximum absolute atomic E-state index is 10.5. The van der Waals surface area contributed by atoms with Crippen LogP contribution in [0.3, 0.4) is 0 Å². The monoisotopic (exact) mass is 772 g/mol. The highest BCUT2D eigenvalue weighted by molar-refractivity contribution is 6.04. The van der Waals surface area contributed by atoms with Gasteiger partial charge in [-0.05, 0) is 83.1 Å². The molecule has 0 unspecified atom stereocenters. The Labute approximate surface area is 346 Å². The summed E-state index contributed by atoms with van der Waals surface area (Å²) in [4.78, 5) is 0. The summed E-state index contributed by atoms with van der Waals surface area (Å²) < 4.78 is 0. The van der Waals surface area contributed by atoms with Crippen LogP contribution in [0.15, 0.2) is 142 Å². The van der Waals surface area contributed by atoms with E-state index in [9.17, 15) is 5.11 Å². The SMILES string of the molecule is CC.CC.CC.CC.CC.CCC.CCNc1c(N=Nc2ccc(C=Cc3ccc(N=NC)cc3)cc2)c(C)cc2cccc(O)c12.c1ccc2ccccc2c1. The molecule has 0 aliphatic carbocycles. The second kappa shape index (κ2) is 34.8. The van der Waals surface area contributed by atoms with E-state index in [4.69, 9.17) is 0 Å². The molecule has 2 N–H and O–H groups in total. The van der Waals surface area contributed by atoms with Crippen molar-refractivity contribution in [1.82, 2.24) is 0 Å². The summed E-state index contributed by atoms with van der Waals surface area (Å²) in [6, 6.07) is 40.0. The molecule has 0 bridgehead atoms. The fraction of sp³-hybridized carbons (Fsp3) is 0.333. The Balaban J connectivity index is 0. The van der Waals surface area contributed by atoms with Gasteiger partial charge >= 0.3 is 0 Å². The molecule has 6 heteroatoms. The van der Waals surface area contributed by atoms with Crippen molar-refractivity contribution in [1.29, 1.82) is 0 Å². The molecule has 0 amide bonds. The first kappa shape index (κ1) is 53.5. The molecule has 0 heterocycles. The summed E-state index contributed by atoms with van der Waals surface area (Å²) in [6.07, 6.45) is 5.35. The molecule has 0 spiro atoms. The van der Waals surface area contributed by atoms with Crippen molar-refractivity contribution in [2.75, 3.05) is 18.9 Å². The Bertz CT molecular complexity index is 1900. The minimum Gasteiger partial charge on any atom is -0.507 e. The predicted molar refractivity (Wildman–Crippen MR) is 258 cm³/mol. The van der Waals surface area contributed by atoms with E-state index in [-0.39, 0.29) is 5.75 Å². The number of hydrogen-bond donors (Lipinski definition) is 2.